The van der Waals surface area contributed by atoms with Gasteiger partial charge >= 0.3 is 0 Å². The Kier molecular flexibility index (Phi) is 4.17. The molecule has 1 saturated heterocycles. The van der Waals surface area contributed by atoms with Gasteiger partial charge in [-0.3, -0.25) is 4.79 Å². The van der Waals surface area contributed by atoms with Gasteiger partial charge in [0.25, 0.3) is 0 Å². The van der Waals surface area contributed by atoms with Crippen LogP contribution in [0.4, 0.5) is 5.69 Å². The molecule has 0 saturated carbocycles. The fraction of sp³-hybridized carbons (Fsp3) is 0.500. The number of ether oxygens (including phenoxy) is 1. The van der Waals surface area contributed by atoms with E-state index in [0.29, 0.717) is 17.4 Å². The standard InChI is InChI=1S/C14H19NO2S/c1-10(16)14-12(5-4-6-13(14)17-3)15(2)11-7-8-18-9-11/h4-6,11H,7-9H2,1-3H3. The van der Waals surface area contributed by atoms with Gasteiger partial charge in [-0.05, 0) is 31.2 Å². The summed E-state index contributed by atoms with van der Waals surface area (Å²) >= 11 is 1.97. The molecular formula is C14H19NO2S. The summed E-state index contributed by atoms with van der Waals surface area (Å²) in [5.41, 5.74) is 1.67. The van der Waals surface area contributed by atoms with Gasteiger partial charge in [0, 0.05) is 18.8 Å². The van der Waals surface area contributed by atoms with E-state index in [1.807, 2.05) is 30.0 Å². The summed E-state index contributed by atoms with van der Waals surface area (Å²) in [5, 5.41) is 0. The molecule has 0 N–H and O–H groups in total. The molecule has 0 radical (unpaired) electrons. The highest BCUT2D eigenvalue weighted by atomic mass is 32.2. The maximum absolute atomic E-state index is 11.9. The number of carbonyl (C=O) groups is 1. The van der Waals surface area contributed by atoms with Crippen molar-refractivity contribution in [2.75, 3.05) is 30.6 Å². The zero-order valence-corrected chi connectivity index (χ0v) is 11.9. The Morgan fingerprint density at radius 1 is 1.50 bits per heavy atom. The predicted octanol–water partition coefficient (Wildman–Crippen LogP) is 2.84. The van der Waals surface area contributed by atoms with E-state index in [0.717, 1.165) is 11.4 Å². The lowest BCUT2D eigenvalue weighted by Gasteiger charge is -2.28. The average molecular weight is 265 g/mol. The van der Waals surface area contributed by atoms with E-state index in [-0.39, 0.29) is 5.78 Å². The molecule has 0 bridgehead atoms. The zero-order chi connectivity index (χ0) is 13.1. The van der Waals surface area contributed by atoms with Crippen LogP contribution in [0.15, 0.2) is 18.2 Å². The molecule has 1 aliphatic rings. The van der Waals surface area contributed by atoms with Crippen LogP contribution in [0.1, 0.15) is 23.7 Å². The molecule has 1 fully saturated rings. The second-order valence-corrected chi connectivity index (χ2v) is 5.69. The predicted molar refractivity (Wildman–Crippen MR) is 77.1 cm³/mol. The first kappa shape index (κ1) is 13.3. The number of hydrogen-bond donors (Lipinski definition) is 0. The van der Waals surface area contributed by atoms with Crippen LogP contribution in [0, 0.1) is 0 Å². The fourth-order valence-electron chi connectivity index (χ4n) is 2.36. The molecule has 18 heavy (non-hydrogen) atoms. The summed E-state index contributed by atoms with van der Waals surface area (Å²) in [4.78, 5) is 14.1. The van der Waals surface area contributed by atoms with Gasteiger partial charge in [-0.2, -0.15) is 11.8 Å². The van der Waals surface area contributed by atoms with Crippen LogP contribution in [-0.4, -0.2) is 37.5 Å². The highest BCUT2D eigenvalue weighted by Gasteiger charge is 2.24. The Balaban J connectivity index is 2.39. The van der Waals surface area contributed by atoms with Crippen LogP contribution in [0.5, 0.6) is 5.75 Å². The highest BCUT2D eigenvalue weighted by Crippen LogP contribution is 2.33. The molecule has 1 aromatic rings. The molecule has 0 aliphatic carbocycles. The lowest BCUT2D eigenvalue weighted by molar-refractivity contribution is 0.101. The first-order valence-corrected chi connectivity index (χ1v) is 7.29. The van der Waals surface area contributed by atoms with Gasteiger partial charge in [0.05, 0.1) is 18.4 Å². The van der Waals surface area contributed by atoms with Crippen LogP contribution in [0.2, 0.25) is 0 Å². The Bertz CT molecular complexity index is 441. The summed E-state index contributed by atoms with van der Waals surface area (Å²) in [6.45, 7) is 1.60. The molecule has 0 aromatic heterocycles. The van der Waals surface area contributed by atoms with Gasteiger partial charge < -0.3 is 9.64 Å². The van der Waals surface area contributed by atoms with Crippen LogP contribution in [0.25, 0.3) is 0 Å². The average Bonchev–Trinajstić information content (AvgIpc) is 2.90. The minimum atomic E-state index is 0.0555. The number of anilines is 1. The van der Waals surface area contributed by atoms with Crippen molar-refractivity contribution < 1.29 is 9.53 Å². The van der Waals surface area contributed by atoms with Crippen LogP contribution in [0.3, 0.4) is 0 Å². The van der Waals surface area contributed by atoms with E-state index in [9.17, 15) is 4.79 Å². The van der Waals surface area contributed by atoms with Gasteiger partial charge in [-0.25, -0.2) is 0 Å². The number of Topliss-reactive ketones (excluding diaryl/α,β-unsaturated/α-hetero) is 1. The van der Waals surface area contributed by atoms with E-state index in [2.05, 4.69) is 11.9 Å². The maximum Gasteiger partial charge on any atom is 0.165 e. The fourth-order valence-corrected chi connectivity index (χ4v) is 3.63. The largest absolute Gasteiger partial charge is 0.496 e. The quantitative estimate of drug-likeness (QED) is 0.783. The number of thioether (sulfide) groups is 1. The van der Waals surface area contributed by atoms with Crippen molar-refractivity contribution in [2.45, 2.75) is 19.4 Å². The van der Waals surface area contributed by atoms with Crippen molar-refractivity contribution in [3.63, 3.8) is 0 Å². The van der Waals surface area contributed by atoms with Crippen LogP contribution >= 0.6 is 11.8 Å². The normalized spacial score (nSPS) is 18.7. The number of ketones is 1. The van der Waals surface area contributed by atoms with E-state index in [1.165, 1.54) is 12.2 Å². The molecular weight excluding hydrogens is 246 g/mol. The molecule has 1 aliphatic heterocycles. The van der Waals surface area contributed by atoms with Gasteiger partial charge in [0.1, 0.15) is 5.75 Å². The van der Waals surface area contributed by atoms with Gasteiger partial charge in [-0.15, -0.1) is 0 Å². The van der Waals surface area contributed by atoms with Gasteiger partial charge in [0.2, 0.25) is 0 Å². The minimum absolute atomic E-state index is 0.0555. The Morgan fingerprint density at radius 2 is 2.28 bits per heavy atom. The first-order valence-electron chi connectivity index (χ1n) is 6.13. The molecule has 2 rings (SSSR count). The van der Waals surface area contributed by atoms with Crippen molar-refractivity contribution in [1.82, 2.24) is 0 Å². The zero-order valence-electron chi connectivity index (χ0n) is 11.1. The summed E-state index contributed by atoms with van der Waals surface area (Å²) in [5.74, 6) is 3.05. The Morgan fingerprint density at radius 3 is 2.83 bits per heavy atom. The molecule has 0 amide bonds. The number of methoxy groups -OCH3 is 1. The van der Waals surface area contributed by atoms with Gasteiger partial charge in [-0.1, -0.05) is 6.07 Å². The van der Waals surface area contributed by atoms with Crippen molar-refractivity contribution in [3.05, 3.63) is 23.8 Å². The Labute approximate surface area is 113 Å². The third-order valence-corrected chi connectivity index (χ3v) is 4.55. The number of benzene rings is 1. The van der Waals surface area contributed by atoms with E-state index < -0.39 is 0 Å². The number of rotatable bonds is 4. The number of hydrogen-bond acceptors (Lipinski definition) is 4. The minimum Gasteiger partial charge on any atom is -0.496 e. The van der Waals surface area contributed by atoms with E-state index in [1.54, 1.807) is 14.0 Å². The second kappa shape index (κ2) is 5.65. The molecule has 98 valence electrons. The molecule has 4 heteroatoms. The first-order chi connectivity index (χ1) is 8.65. The van der Waals surface area contributed by atoms with Gasteiger partial charge in [0.15, 0.2) is 5.78 Å². The molecule has 1 aromatic carbocycles. The van der Waals surface area contributed by atoms with E-state index >= 15 is 0 Å². The van der Waals surface area contributed by atoms with Crippen molar-refractivity contribution in [2.24, 2.45) is 0 Å². The van der Waals surface area contributed by atoms with Crippen LogP contribution < -0.4 is 9.64 Å². The number of carbonyl (C=O) groups excluding carboxylic acids is 1. The molecule has 1 heterocycles. The van der Waals surface area contributed by atoms with Crippen molar-refractivity contribution in [1.29, 1.82) is 0 Å². The second-order valence-electron chi connectivity index (χ2n) is 4.54. The summed E-state index contributed by atoms with van der Waals surface area (Å²) < 4.78 is 5.31. The molecule has 1 atom stereocenters. The van der Waals surface area contributed by atoms with Crippen LogP contribution in [-0.2, 0) is 0 Å². The third-order valence-electron chi connectivity index (χ3n) is 3.41. The maximum atomic E-state index is 11.9. The number of nitrogens with zero attached hydrogens (tertiary/aromatic N) is 1. The van der Waals surface area contributed by atoms with E-state index in [4.69, 9.17) is 4.74 Å². The summed E-state index contributed by atoms with van der Waals surface area (Å²) in [7, 11) is 3.68. The molecule has 0 spiro atoms. The highest BCUT2D eigenvalue weighted by molar-refractivity contribution is 7.99. The van der Waals surface area contributed by atoms with Crippen molar-refractivity contribution >= 4 is 23.2 Å². The monoisotopic (exact) mass is 265 g/mol. The third kappa shape index (κ3) is 2.48. The lowest BCUT2D eigenvalue weighted by Crippen LogP contribution is -2.32. The SMILES string of the molecule is COc1cccc(N(C)C2CCSC2)c1C(C)=O. The smallest absolute Gasteiger partial charge is 0.165 e. The molecule has 3 nitrogen and oxygen atoms in total. The van der Waals surface area contributed by atoms with Crippen molar-refractivity contribution in [3.8, 4) is 5.75 Å². The summed E-state index contributed by atoms with van der Waals surface area (Å²) in [6.07, 6.45) is 1.18. The summed E-state index contributed by atoms with van der Waals surface area (Å²) in [6, 6.07) is 6.30. The topological polar surface area (TPSA) is 29.5 Å². The lowest BCUT2D eigenvalue weighted by atomic mass is 10.1. The molecule has 1 unspecified atom stereocenters. The Hall–Kier alpha value is -1.16.